The summed E-state index contributed by atoms with van der Waals surface area (Å²) in [6.07, 6.45) is 9.92. The van der Waals surface area contributed by atoms with Crippen LogP contribution in [0, 0.1) is 0 Å². The van der Waals surface area contributed by atoms with Crippen molar-refractivity contribution in [3.8, 4) is 55.6 Å². The summed E-state index contributed by atoms with van der Waals surface area (Å²) in [5, 5.41) is 8.53. The van der Waals surface area contributed by atoms with E-state index in [0.717, 1.165) is 25.7 Å². The molecule has 0 N–H and O–H groups in total. The Labute approximate surface area is 423 Å². The van der Waals surface area contributed by atoms with E-state index in [9.17, 15) is 0 Å². The molecule has 2 aliphatic carbocycles. The molecule has 10 aromatic rings. The molecule has 0 spiro atoms. The minimum absolute atomic E-state index is 0.427. The quantitative estimate of drug-likeness (QED) is 0.113. The van der Waals surface area contributed by atoms with Crippen LogP contribution in [0.15, 0.2) is 223 Å². The third-order valence-electron chi connectivity index (χ3n) is 15.8. The van der Waals surface area contributed by atoms with E-state index in [2.05, 4.69) is 238 Å². The summed E-state index contributed by atoms with van der Waals surface area (Å²) in [5.74, 6) is 0. The molecule has 1 heterocycles. The summed E-state index contributed by atoms with van der Waals surface area (Å²) < 4.78 is 2.64. The van der Waals surface area contributed by atoms with Gasteiger partial charge in [-0.05, 0) is 0 Å². The van der Waals surface area contributed by atoms with Crippen LogP contribution in [0.5, 0.6) is 0 Å². The van der Waals surface area contributed by atoms with Gasteiger partial charge < -0.3 is 0 Å². The van der Waals surface area contributed by atoms with Crippen LogP contribution in [0.1, 0.15) is 69.1 Å². The van der Waals surface area contributed by atoms with E-state index >= 15 is 0 Å². The first-order valence-electron chi connectivity index (χ1n) is 25.6. The Balaban J connectivity index is 1.03. The van der Waals surface area contributed by atoms with Crippen LogP contribution >= 0.6 is 0 Å². The first kappa shape index (κ1) is 43.3. The molecule has 70 heavy (non-hydrogen) atoms. The van der Waals surface area contributed by atoms with Gasteiger partial charge in [-0.3, -0.25) is 0 Å². The van der Waals surface area contributed by atoms with Crippen molar-refractivity contribution in [1.82, 2.24) is 0 Å². The van der Waals surface area contributed by atoms with E-state index in [1.54, 1.807) is 36.0 Å². The first-order valence-corrected chi connectivity index (χ1v) is 32.9. The molecule has 1 aliphatic heterocycles. The molecule has 2 heteroatoms. The Kier molecular flexibility index (Phi) is 11.3. The van der Waals surface area contributed by atoms with Crippen LogP contribution in [0.2, 0.25) is 0 Å². The average molecular weight is 1080 g/mol. The SMILES string of the molecule is CCCC1=Cc2c(-c3ccccc3-c3cccc4ccccc34)cccc2[CH]1[Hf]([c]1cccc2c1[SiH2]c1ccccc1-2)[CH]1C(CCC)=Cc2c(-c3ccccc3-c3cccc4ccccc34)cccc21. The zero-order valence-electron chi connectivity index (χ0n) is 40.1. The van der Waals surface area contributed by atoms with Crippen LogP contribution in [-0.2, 0) is 21.4 Å². The van der Waals surface area contributed by atoms with E-state index in [1.807, 2.05) is 0 Å². The Morgan fingerprint density at radius 3 is 1.27 bits per heavy atom. The van der Waals surface area contributed by atoms with Gasteiger partial charge in [-0.1, -0.05) is 0 Å². The second-order valence-corrected chi connectivity index (χ2v) is 30.9. The number of fused-ring (bicyclic) bond motifs is 7. The molecule has 335 valence electrons. The van der Waals surface area contributed by atoms with Crippen LogP contribution in [0.4, 0.5) is 0 Å². The van der Waals surface area contributed by atoms with Crippen molar-refractivity contribution in [2.24, 2.45) is 0 Å². The van der Waals surface area contributed by atoms with Crippen molar-refractivity contribution in [2.45, 2.75) is 46.9 Å². The molecule has 0 amide bonds. The van der Waals surface area contributed by atoms with E-state index in [4.69, 9.17) is 0 Å². The van der Waals surface area contributed by atoms with E-state index < -0.39 is 31.0 Å². The van der Waals surface area contributed by atoms with Gasteiger partial charge in [-0.2, -0.15) is 0 Å². The van der Waals surface area contributed by atoms with Crippen LogP contribution < -0.4 is 13.7 Å². The molecule has 3 aliphatic rings. The number of hydrogen-bond acceptors (Lipinski definition) is 0. The van der Waals surface area contributed by atoms with Crippen LogP contribution in [-0.4, -0.2) is 9.52 Å². The number of hydrogen-bond donors (Lipinski definition) is 0. The normalized spacial score (nSPS) is 15.7. The molecule has 10 aromatic carbocycles. The van der Waals surface area contributed by atoms with Crippen molar-refractivity contribution >= 4 is 56.9 Å². The van der Waals surface area contributed by atoms with Gasteiger partial charge >= 0.3 is 427 Å². The second kappa shape index (κ2) is 18.2. The Hall–Kier alpha value is -6.71. The zero-order valence-corrected chi connectivity index (χ0v) is 45.1. The van der Waals surface area contributed by atoms with E-state index in [0.29, 0.717) is 7.35 Å². The fourth-order valence-electron chi connectivity index (χ4n) is 12.9. The predicted octanol–water partition coefficient (Wildman–Crippen LogP) is 15.9. The van der Waals surface area contributed by atoms with Crippen molar-refractivity contribution in [1.29, 1.82) is 0 Å². The summed E-state index contributed by atoms with van der Waals surface area (Å²) >= 11 is -3.28. The first-order chi connectivity index (χ1) is 34.7. The molecular formula is C68H55HfSi. The molecule has 0 saturated carbocycles. The zero-order chi connectivity index (χ0) is 46.7. The number of rotatable bonds is 11. The van der Waals surface area contributed by atoms with Gasteiger partial charge in [0.1, 0.15) is 0 Å². The molecule has 2 atom stereocenters. The molecule has 0 radical (unpaired) electrons. The molecule has 0 aromatic heterocycles. The van der Waals surface area contributed by atoms with Gasteiger partial charge in [-0.25, -0.2) is 0 Å². The molecular weight excluding hydrogens is 1020 g/mol. The topological polar surface area (TPSA) is 0 Å². The van der Waals surface area contributed by atoms with Gasteiger partial charge in [0, 0.05) is 0 Å². The summed E-state index contributed by atoms with van der Waals surface area (Å²) in [6.45, 7) is 4.80. The minimum atomic E-state index is -3.28. The second-order valence-electron chi connectivity index (χ2n) is 19.7. The maximum absolute atomic E-state index is 3.28. The Morgan fingerprint density at radius 1 is 0.357 bits per heavy atom. The monoisotopic (exact) mass is 1080 g/mol. The van der Waals surface area contributed by atoms with E-state index in [1.165, 1.54) is 88.3 Å². The Bertz CT molecular complexity index is 3550. The van der Waals surface area contributed by atoms with Gasteiger partial charge in [0.15, 0.2) is 0 Å². The third kappa shape index (κ3) is 7.17. The summed E-state index contributed by atoms with van der Waals surface area (Å²) in [7, 11) is -0.684. The number of allylic oxidation sites excluding steroid dienone is 2. The molecule has 2 unspecified atom stereocenters. The Morgan fingerprint density at radius 2 is 0.743 bits per heavy atom. The van der Waals surface area contributed by atoms with Gasteiger partial charge in [-0.15, -0.1) is 0 Å². The third-order valence-corrected chi connectivity index (χ3v) is 32.4. The molecule has 0 saturated heterocycles. The fourth-order valence-corrected chi connectivity index (χ4v) is 32.4. The van der Waals surface area contributed by atoms with Gasteiger partial charge in [0.25, 0.3) is 0 Å². The fraction of sp³-hybridized carbons (Fsp3) is 0.118. The maximum atomic E-state index is 2.70. The van der Waals surface area contributed by atoms with Crippen molar-refractivity contribution in [3.63, 3.8) is 0 Å². The van der Waals surface area contributed by atoms with Crippen molar-refractivity contribution in [3.05, 3.63) is 246 Å². The van der Waals surface area contributed by atoms with E-state index in [-0.39, 0.29) is 0 Å². The van der Waals surface area contributed by atoms with Crippen LogP contribution in [0.25, 0.3) is 89.3 Å². The molecule has 0 fully saturated rings. The van der Waals surface area contributed by atoms with Crippen molar-refractivity contribution in [2.75, 3.05) is 0 Å². The average Bonchev–Trinajstić information content (AvgIpc) is 4.10. The molecule has 0 nitrogen and oxygen atoms in total. The van der Waals surface area contributed by atoms with Crippen molar-refractivity contribution < 1.29 is 21.4 Å². The summed E-state index contributed by atoms with van der Waals surface area (Å²) in [5.41, 5.74) is 23.0. The van der Waals surface area contributed by atoms with Gasteiger partial charge in [0.05, 0.1) is 0 Å². The molecule has 13 rings (SSSR count). The van der Waals surface area contributed by atoms with Crippen LogP contribution in [0.3, 0.4) is 0 Å². The molecule has 0 bridgehead atoms. The summed E-state index contributed by atoms with van der Waals surface area (Å²) in [6, 6.07) is 81.5. The predicted molar refractivity (Wildman–Crippen MR) is 300 cm³/mol. The van der Waals surface area contributed by atoms with Gasteiger partial charge in [0.2, 0.25) is 0 Å². The number of benzene rings is 10. The standard InChI is InChI=1S/2C28H23.C12H9Si.Hf/c2*1-2-9-20-18-22-12-8-17-27(28(22)19-20)26-15-6-5-14-25(26)24-16-7-11-21-10-3-4-13-23(21)24;1-3-7-11-9(5-1)10-6-2-4-8-12(10)13-11;/h2*3-8,10-19H,2,9H2,1H3;1-7H,13H2;. The summed E-state index contributed by atoms with van der Waals surface area (Å²) in [4.78, 5) is 0.